The minimum atomic E-state index is -0.671. The molecule has 2 aromatic carbocycles. The zero-order valence-electron chi connectivity index (χ0n) is 30.3. The van der Waals surface area contributed by atoms with Crippen LogP contribution in [0, 0.1) is 53.3 Å². The van der Waals surface area contributed by atoms with Gasteiger partial charge in [0.15, 0.2) is 0 Å². The van der Waals surface area contributed by atoms with Gasteiger partial charge in [0.1, 0.15) is 0 Å². The second-order valence-corrected chi connectivity index (χ2v) is 16.6. The van der Waals surface area contributed by atoms with Gasteiger partial charge < -0.3 is 10.8 Å². The van der Waals surface area contributed by atoms with Crippen LogP contribution >= 0.6 is 0 Å². The molecule has 3 heteroatoms. The van der Waals surface area contributed by atoms with E-state index in [4.69, 9.17) is 5.73 Å². The number of carboxylic acids is 1. The smallest absolute Gasteiger partial charge is 0.310 e. The molecule has 5 aliphatic carbocycles. The first kappa shape index (κ1) is 35.2. The molecule has 3 nitrogen and oxygen atoms in total. The molecule has 2 fully saturated rings. The van der Waals surface area contributed by atoms with Crippen LogP contribution < -0.4 is 5.73 Å². The maximum Gasteiger partial charge on any atom is 0.310 e. The molecule has 0 unspecified atom stereocenters. The Morgan fingerprint density at radius 1 is 0.840 bits per heavy atom. The Morgan fingerprint density at radius 3 is 2.44 bits per heavy atom. The molecule has 7 rings (SSSR count). The number of carbonyl (C=O) groups is 1. The Labute approximate surface area is 302 Å². The van der Waals surface area contributed by atoms with Crippen LogP contribution in [0.5, 0.6) is 0 Å². The number of aryl methyl sites for hydroxylation is 1. The second kappa shape index (κ2) is 16.4. The molecule has 0 aliphatic heterocycles. The van der Waals surface area contributed by atoms with Gasteiger partial charge in [-0.1, -0.05) is 148 Å². The predicted molar refractivity (Wildman–Crippen MR) is 207 cm³/mol. The summed E-state index contributed by atoms with van der Waals surface area (Å²) in [5.41, 5.74) is 10.7. The van der Waals surface area contributed by atoms with E-state index in [1.54, 1.807) is 0 Å². The van der Waals surface area contributed by atoms with Crippen molar-refractivity contribution in [3.63, 3.8) is 0 Å². The Hall–Kier alpha value is -3.17. The van der Waals surface area contributed by atoms with E-state index in [1.165, 1.54) is 80.9 Å². The highest BCUT2D eigenvalue weighted by atomic mass is 16.4. The van der Waals surface area contributed by atoms with Crippen molar-refractivity contribution in [3.05, 3.63) is 114 Å². The lowest BCUT2D eigenvalue weighted by molar-refractivity contribution is -0.145. The highest BCUT2D eigenvalue weighted by Crippen LogP contribution is 2.61. The molecule has 3 N–H and O–H groups in total. The number of hydrogen-bond acceptors (Lipinski definition) is 2. The predicted octanol–water partition coefficient (Wildman–Crippen LogP) is 11.0. The molecule has 0 radical (unpaired) electrons. The topological polar surface area (TPSA) is 63.3 Å². The standard InChI is InChI=1S/C47H61NO2/c48-33-39-26-29-41(46(49)50)45-43(47-31-13-12-21-40(47)28-25-37-20-10-11-22-42(37)47)30-27-38(44(39)45)32-36(24-23-35-17-7-2-8-18-35)19-9-3-6-16-34-14-4-1-5-15-34/h2-3,7-11,17-18,20,22,25-30,34,36,38-41,43-45H,1,4-6,12-16,19,21,23-24,31-33,48H2,(H,49,50)/b9-3-/t36-,38-,39-,40+,41-,43-,44+,45+,47-/m0/s1. The first-order valence-corrected chi connectivity index (χ1v) is 20.3. The summed E-state index contributed by atoms with van der Waals surface area (Å²) in [5, 5.41) is 10.9. The molecular weight excluding hydrogens is 611 g/mol. The van der Waals surface area contributed by atoms with Gasteiger partial charge in [-0.05, 0) is 122 Å². The first-order valence-electron chi connectivity index (χ1n) is 20.3. The summed E-state index contributed by atoms with van der Waals surface area (Å²) in [6, 6.07) is 20.0. The minimum absolute atomic E-state index is 0.0296. The van der Waals surface area contributed by atoms with Gasteiger partial charge in [-0.25, -0.2) is 0 Å². The van der Waals surface area contributed by atoms with Crippen molar-refractivity contribution in [2.24, 2.45) is 59.0 Å². The summed E-state index contributed by atoms with van der Waals surface area (Å²) in [7, 11) is 0. The molecule has 2 aromatic rings. The summed E-state index contributed by atoms with van der Waals surface area (Å²) in [4.78, 5) is 13.2. The van der Waals surface area contributed by atoms with Crippen LogP contribution in [0.25, 0.3) is 6.08 Å². The summed E-state index contributed by atoms with van der Waals surface area (Å²) < 4.78 is 0. The largest absolute Gasteiger partial charge is 0.481 e. The van der Waals surface area contributed by atoms with Crippen molar-refractivity contribution in [2.45, 2.75) is 102 Å². The molecule has 0 amide bonds. The number of benzene rings is 2. The molecule has 0 saturated heterocycles. The third kappa shape index (κ3) is 7.41. The van der Waals surface area contributed by atoms with Gasteiger partial charge in [0.2, 0.25) is 0 Å². The zero-order valence-corrected chi connectivity index (χ0v) is 30.3. The lowest BCUT2D eigenvalue weighted by Crippen LogP contribution is -2.55. The van der Waals surface area contributed by atoms with Gasteiger partial charge in [-0.2, -0.15) is 0 Å². The van der Waals surface area contributed by atoms with Crippen LogP contribution in [0.2, 0.25) is 0 Å². The SMILES string of the molecule is NC[C@@H]1C=C[C@H](C(=O)O)[C@H]2[C@@H]1[C@H](C[C@@H](C/C=C\CCC1CCCCC1)CCc1ccccc1)C=C[C@@H]2[C@@]12CCCC[C@@H]1C=Cc1ccccc12. The molecule has 5 aliphatic rings. The van der Waals surface area contributed by atoms with E-state index in [9.17, 15) is 9.90 Å². The summed E-state index contributed by atoms with van der Waals surface area (Å²) in [5.74, 6) is 1.68. The monoisotopic (exact) mass is 671 g/mol. The van der Waals surface area contributed by atoms with Crippen molar-refractivity contribution in [1.29, 1.82) is 0 Å². The number of allylic oxidation sites excluding steroid dienone is 5. The zero-order chi connectivity index (χ0) is 34.3. The number of fused-ring (bicyclic) bond motifs is 4. The minimum Gasteiger partial charge on any atom is -0.481 e. The number of rotatable bonds is 13. The second-order valence-electron chi connectivity index (χ2n) is 16.6. The molecule has 50 heavy (non-hydrogen) atoms. The molecule has 2 saturated carbocycles. The average molecular weight is 672 g/mol. The van der Waals surface area contributed by atoms with E-state index in [1.807, 2.05) is 6.08 Å². The normalized spacial score (nSPS) is 32.7. The van der Waals surface area contributed by atoms with Crippen molar-refractivity contribution in [3.8, 4) is 0 Å². The summed E-state index contributed by atoms with van der Waals surface area (Å²) in [6.07, 6.45) is 37.9. The fraction of sp³-hybridized carbons (Fsp3) is 0.553. The van der Waals surface area contributed by atoms with Crippen molar-refractivity contribution >= 4 is 12.0 Å². The number of nitrogens with two attached hydrogens (primary N) is 1. The van der Waals surface area contributed by atoms with E-state index in [2.05, 4.69) is 97.1 Å². The Morgan fingerprint density at radius 2 is 1.62 bits per heavy atom. The van der Waals surface area contributed by atoms with Gasteiger partial charge in [0.05, 0.1) is 5.92 Å². The Kier molecular flexibility index (Phi) is 11.6. The van der Waals surface area contributed by atoms with Gasteiger partial charge in [0.25, 0.3) is 0 Å². The molecule has 9 atom stereocenters. The van der Waals surface area contributed by atoms with Crippen LogP contribution in [0.4, 0.5) is 0 Å². The third-order valence-corrected chi connectivity index (χ3v) is 13.9. The van der Waals surface area contributed by atoms with Gasteiger partial charge in [-0.15, -0.1) is 0 Å². The van der Waals surface area contributed by atoms with Crippen LogP contribution in [-0.4, -0.2) is 17.6 Å². The summed E-state index contributed by atoms with van der Waals surface area (Å²) >= 11 is 0. The molecule has 0 aromatic heterocycles. The van der Waals surface area contributed by atoms with Gasteiger partial charge >= 0.3 is 5.97 Å². The lowest BCUT2D eigenvalue weighted by atomic mass is 9.45. The number of carboxylic acid groups (broad SMARTS) is 1. The molecule has 0 spiro atoms. The maximum absolute atomic E-state index is 13.2. The molecular formula is C47H61NO2. The third-order valence-electron chi connectivity index (χ3n) is 13.9. The van der Waals surface area contributed by atoms with Gasteiger partial charge in [-0.3, -0.25) is 4.79 Å². The van der Waals surface area contributed by atoms with Crippen LogP contribution in [0.1, 0.15) is 107 Å². The number of aliphatic carboxylic acids is 1. The first-order chi connectivity index (χ1) is 24.6. The Bertz CT molecular complexity index is 1530. The van der Waals surface area contributed by atoms with Crippen LogP contribution in [-0.2, 0) is 16.6 Å². The number of hydrogen-bond donors (Lipinski definition) is 2. The van der Waals surface area contributed by atoms with E-state index in [0.29, 0.717) is 24.3 Å². The van der Waals surface area contributed by atoms with Gasteiger partial charge in [0, 0.05) is 5.41 Å². The molecule has 0 bridgehead atoms. The van der Waals surface area contributed by atoms with E-state index in [-0.39, 0.29) is 29.1 Å². The lowest BCUT2D eigenvalue weighted by Gasteiger charge is -2.58. The fourth-order valence-corrected chi connectivity index (χ4v) is 11.5. The summed E-state index contributed by atoms with van der Waals surface area (Å²) in [6.45, 7) is 0.573. The van der Waals surface area contributed by atoms with Crippen LogP contribution in [0.15, 0.2) is 97.1 Å². The van der Waals surface area contributed by atoms with Crippen molar-refractivity contribution in [1.82, 2.24) is 0 Å². The maximum atomic E-state index is 13.2. The molecule has 266 valence electrons. The molecule has 0 heterocycles. The highest BCUT2D eigenvalue weighted by Gasteiger charge is 2.57. The van der Waals surface area contributed by atoms with E-state index < -0.39 is 11.9 Å². The Balaban J connectivity index is 1.19. The average Bonchev–Trinajstić information content (AvgIpc) is 3.16. The van der Waals surface area contributed by atoms with E-state index in [0.717, 1.165) is 38.0 Å². The van der Waals surface area contributed by atoms with Crippen LogP contribution in [0.3, 0.4) is 0 Å². The van der Waals surface area contributed by atoms with Crippen molar-refractivity contribution in [2.75, 3.05) is 6.54 Å². The van der Waals surface area contributed by atoms with Crippen molar-refractivity contribution < 1.29 is 9.90 Å². The highest BCUT2D eigenvalue weighted by molar-refractivity contribution is 5.73. The fourth-order valence-electron chi connectivity index (χ4n) is 11.5. The van der Waals surface area contributed by atoms with E-state index >= 15 is 0 Å². The quantitative estimate of drug-likeness (QED) is 0.208.